The molecule has 2 aliphatic rings. The Hall–Kier alpha value is -1.02. The lowest BCUT2D eigenvalue weighted by Gasteiger charge is -2.51. The summed E-state index contributed by atoms with van der Waals surface area (Å²) in [7, 11) is 1.73. The monoisotopic (exact) mass is 358 g/mol. The second-order valence-electron chi connectivity index (χ2n) is 10.3. The highest BCUT2D eigenvalue weighted by Gasteiger charge is 2.69. The van der Waals surface area contributed by atoms with Gasteiger partial charge in [0.2, 0.25) is 0 Å². The first-order valence-electron chi connectivity index (χ1n) is 10.4. The summed E-state index contributed by atoms with van der Waals surface area (Å²) in [6, 6.07) is 6.55. The number of fused-ring (bicyclic) bond motifs is 2. The molecule has 0 saturated heterocycles. The molecule has 0 aromatic heterocycles. The predicted molar refractivity (Wildman–Crippen MR) is 109 cm³/mol. The summed E-state index contributed by atoms with van der Waals surface area (Å²) < 4.78 is 5.76. The van der Waals surface area contributed by atoms with Crippen molar-refractivity contribution in [2.75, 3.05) is 7.11 Å². The number of methoxy groups -OCH3 is 1. The van der Waals surface area contributed by atoms with Gasteiger partial charge in [0.15, 0.2) is 0 Å². The van der Waals surface area contributed by atoms with Gasteiger partial charge in [-0.05, 0) is 54.7 Å². The number of benzene rings is 1. The minimum atomic E-state index is -0.842. The van der Waals surface area contributed by atoms with Crippen LogP contribution in [0.4, 0.5) is 0 Å². The molecule has 2 fully saturated rings. The van der Waals surface area contributed by atoms with Crippen molar-refractivity contribution in [3.8, 4) is 5.75 Å². The molecule has 1 aromatic carbocycles. The van der Waals surface area contributed by atoms with Gasteiger partial charge in [-0.3, -0.25) is 0 Å². The Morgan fingerprint density at radius 3 is 2.46 bits per heavy atom. The summed E-state index contributed by atoms with van der Waals surface area (Å²) in [5.74, 6) is 1.42. The SMILES string of the molecule is CCCCC(C)(C)c1ccc(OC)c([C@@]2(O)C3(C)CCC(C3)C2(C)C)c1. The van der Waals surface area contributed by atoms with E-state index < -0.39 is 5.60 Å². The first kappa shape index (κ1) is 19.7. The topological polar surface area (TPSA) is 29.5 Å². The lowest BCUT2D eigenvalue weighted by atomic mass is 9.57. The van der Waals surface area contributed by atoms with E-state index in [2.05, 4.69) is 59.7 Å². The van der Waals surface area contributed by atoms with Crippen LogP contribution in [0.15, 0.2) is 18.2 Å². The van der Waals surface area contributed by atoms with Crippen molar-refractivity contribution in [2.24, 2.45) is 16.7 Å². The molecule has 2 saturated carbocycles. The van der Waals surface area contributed by atoms with Gasteiger partial charge in [0, 0.05) is 16.4 Å². The Labute approximate surface area is 160 Å². The fraction of sp³-hybridized carbons (Fsp3) is 0.750. The van der Waals surface area contributed by atoms with E-state index in [4.69, 9.17) is 4.74 Å². The maximum Gasteiger partial charge on any atom is 0.125 e. The first-order valence-corrected chi connectivity index (χ1v) is 10.4. The quantitative estimate of drug-likeness (QED) is 0.656. The molecule has 0 spiro atoms. The third kappa shape index (κ3) is 2.55. The van der Waals surface area contributed by atoms with Crippen LogP contribution in [0.2, 0.25) is 0 Å². The Bertz CT molecular complexity index is 668. The summed E-state index contributed by atoms with van der Waals surface area (Å²) in [6.07, 6.45) is 7.05. The van der Waals surface area contributed by atoms with Gasteiger partial charge in [0.1, 0.15) is 11.4 Å². The van der Waals surface area contributed by atoms with Gasteiger partial charge in [-0.25, -0.2) is 0 Å². The van der Waals surface area contributed by atoms with Crippen molar-refractivity contribution in [1.82, 2.24) is 0 Å². The Morgan fingerprint density at radius 1 is 1.23 bits per heavy atom. The van der Waals surface area contributed by atoms with Gasteiger partial charge in [-0.2, -0.15) is 0 Å². The summed E-state index contributed by atoms with van der Waals surface area (Å²) in [5, 5.41) is 12.2. The molecule has 0 radical (unpaired) electrons. The van der Waals surface area contributed by atoms with Gasteiger partial charge in [0.25, 0.3) is 0 Å². The molecule has 0 heterocycles. The zero-order valence-electron chi connectivity index (χ0n) is 17.9. The van der Waals surface area contributed by atoms with E-state index in [0.717, 1.165) is 30.6 Å². The van der Waals surface area contributed by atoms with Crippen molar-refractivity contribution >= 4 is 0 Å². The summed E-state index contributed by atoms with van der Waals surface area (Å²) in [6.45, 7) is 13.7. The molecule has 2 bridgehead atoms. The minimum absolute atomic E-state index is 0.0688. The van der Waals surface area contributed by atoms with Crippen LogP contribution < -0.4 is 4.74 Å². The highest BCUT2D eigenvalue weighted by atomic mass is 16.5. The summed E-state index contributed by atoms with van der Waals surface area (Å²) in [5.41, 5.74) is 1.38. The number of rotatable bonds is 6. The van der Waals surface area contributed by atoms with Gasteiger partial charge < -0.3 is 9.84 Å². The van der Waals surface area contributed by atoms with Crippen molar-refractivity contribution in [3.05, 3.63) is 29.3 Å². The van der Waals surface area contributed by atoms with E-state index in [1.165, 1.54) is 24.8 Å². The van der Waals surface area contributed by atoms with E-state index in [-0.39, 0.29) is 16.2 Å². The fourth-order valence-corrected chi connectivity index (χ4v) is 6.11. The molecule has 3 atom stereocenters. The lowest BCUT2D eigenvalue weighted by Crippen LogP contribution is -2.51. The molecule has 1 N–H and O–H groups in total. The largest absolute Gasteiger partial charge is 0.496 e. The highest BCUT2D eigenvalue weighted by molar-refractivity contribution is 5.47. The molecule has 1 aromatic rings. The van der Waals surface area contributed by atoms with Crippen LogP contribution in [0.3, 0.4) is 0 Å². The van der Waals surface area contributed by atoms with E-state index in [9.17, 15) is 5.11 Å². The molecule has 26 heavy (non-hydrogen) atoms. The number of ether oxygens (including phenoxy) is 1. The van der Waals surface area contributed by atoms with Crippen molar-refractivity contribution < 1.29 is 9.84 Å². The molecular formula is C24H38O2. The third-order valence-electron chi connectivity index (χ3n) is 8.09. The van der Waals surface area contributed by atoms with E-state index >= 15 is 0 Å². The molecule has 3 rings (SSSR count). The van der Waals surface area contributed by atoms with Crippen LogP contribution in [0.5, 0.6) is 5.75 Å². The van der Waals surface area contributed by atoms with Crippen LogP contribution >= 0.6 is 0 Å². The molecule has 2 aliphatic carbocycles. The number of aliphatic hydroxyl groups is 1. The Balaban J connectivity index is 2.13. The molecule has 2 nitrogen and oxygen atoms in total. The highest BCUT2D eigenvalue weighted by Crippen LogP contribution is 2.72. The third-order valence-corrected chi connectivity index (χ3v) is 8.09. The Morgan fingerprint density at radius 2 is 1.92 bits per heavy atom. The van der Waals surface area contributed by atoms with Gasteiger partial charge in [0.05, 0.1) is 7.11 Å². The normalized spacial score (nSPS) is 32.8. The van der Waals surface area contributed by atoms with Crippen LogP contribution in [-0.4, -0.2) is 12.2 Å². The lowest BCUT2D eigenvalue weighted by molar-refractivity contribution is -0.151. The van der Waals surface area contributed by atoms with Gasteiger partial charge in [-0.1, -0.05) is 60.5 Å². The van der Waals surface area contributed by atoms with Crippen LogP contribution in [0, 0.1) is 16.7 Å². The van der Waals surface area contributed by atoms with Crippen LogP contribution in [0.25, 0.3) is 0 Å². The van der Waals surface area contributed by atoms with Crippen LogP contribution in [0.1, 0.15) is 91.2 Å². The van der Waals surface area contributed by atoms with Crippen molar-refractivity contribution in [3.63, 3.8) is 0 Å². The minimum Gasteiger partial charge on any atom is -0.496 e. The van der Waals surface area contributed by atoms with Gasteiger partial charge >= 0.3 is 0 Å². The molecule has 2 unspecified atom stereocenters. The smallest absolute Gasteiger partial charge is 0.125 e. The van der Waals surface area contributed by atoms with Crippen molar-refractivity contribution in [1.29, 1.82) is 0 Å². The second-order valence-corrected chi connectivity index (χ2v) is 10.3. The number of hydrogen-bond acceptors (Lipinski definition) is 2. The zero-order chi connectivity index (χ0) is 19.4. The van der Waals surface area contributed by atoms with E-state index in [1.807, 2.05) is 0 Å². The molecule has 146 valence electrons. The standard InChI is InChI=1S/C24H38O2/c1-8-9-13-21(2,3)17-10-11-20(26-7)19(15-17)24(25)22(4,5)18-12-14-23(24,6)16-18/h10-11,15,18,25H,8-9,12-14,16H2,1-7H3/t18?,23?,24-/m0/s1. The first-order chi connectivity index (χ1) is 12.0. The fourth-order valence-electron chi connectivity index (χ4n) is 6.11. The predicted octanol–water partition coefficient (Wildman–Crippen LogP) is 6.20. The summed E-state index contributed by atoms with van der Waals surface area (Å²) >= 11 is 0. The maximum absolute atomic E-state index is 12.2. The molecule has 0 aliphatic heterocycles. The zero-order valence-corrected chi connectivity index (χ0v) is 17.9. The average molecular weight is 359 g/mol. The molecule has 2 heteroatoms. The van der Waals surface area contributed by atoms with E-state index in [0.29, 0.717) is 5.92 Å². The average Bonchev–Trinajstić information content (AvgIpc) is 3.07. The maximum atomic E-state index is 12.2. The second kappa shape index (κ2) is 6.26. The van der Waals surface area contributed by atoms with E-state index in [1.54, 1.807) is 7.11 Å². The molecule has 0 amide bonds. The Kier molecular flexibility index (Phi) is 4.75. The van der Waals surface area contributed by atoms with Crippen molar-refractivity contribution in [2.45, 2.75) is 91.1 Å². The number of hydrogen-bond donors (Lipinski definition) is 1. The summed E-state index contributed by atoms with van der Waals surface area (Å²) in [4.78, 5) is 0. The van der Waals surface area contributed by atoms with Gasteiger partial charge in [-0.15, -0.1) is 0 Å². The number of unbranched alkanes of at least 4 members (excludes halogenated alkanes) is 1. The molecular weight excluding hydrogens is 320 g/mol. The van der Waals surface area contributed by atoms with Crippen LogP contribution in [-0.2, 0) is 11.0 Å².